The lowest BCUT2D eigenvalue weighted by Gasteiger charge is -2.08. The van der Waals surface area contributed by atoms with Crippen molar-refractivity contribution in [1.29, 1.82) is 0 Å². The van der Waals surface area contributed by atoms with Crippen LogP contribution < -0.4 is 10.6 Å². The van der Waals surface area contributed by atoms with E-state index in [2.05, 4.69) is 15.6 Å². The lowest BCUT2D eigenvalue weighted by molar-refractivity contribution is -0.115. The zero-order valence-electron chi connectivity index (χ0n) is 9.62. The van der Waals surface area contributed by atoms with Crippen LogP contribution in [0.1, 0.15) is 5.56 Å². The summed E-state index contributed by atoms with van der Waals surface area (Å²) in [6, 6.07) is 1.78. The normalized spacial score (nSPS) is 10.1. The number of carbonyl (C=O) groups excluding carboxylic acids is 1. The first-order chi connectivity index (χ1) is 7.74. The molecule has 1 rings (SSSR count). The van der Waals surface area contributed by atoms with Crippen LogP contribution in [-0.4, -0.2) is 37.7 Å². The number of pyridine rings is 1. The average Bonchev–Trinajstić information content (AvgIpc) is 2.28. The molecule has 2 N–H and O–H groups in total. The average molecular weight is 223 g/mol. The maximum Gasteiger partial charge on any atom is 0.238 e. The summed E-state index contributed by atoms with van der Waals surface area (Å²) < 4.78 is 4.86. The number of methoxy groups -OCH3 is 1. The molecule has 0 aliphatic carbocycles. The number of hydrogen-bond acceptors (Lipinski definition) is 4. The fourth-order valence-electron chi connectivity index (χ4n) is 1.18. The minimum Gasteiger partial charge on any atom is -0.383 e. The molecule has 1 aromatic heterocycles. The van der Waals surface area contributed by atoms with Crippen molar-refractivity contribution in [3.63, 3.8) is 0 Å². The van der Waals surface area contributed by atoms with Crippen LogP contribution in [0.2, 0.25) is 0 Å². The van der Waals surface area contributed by atoms with E-state index in [1.54, 1.807) is 25.6 Å². The molecule has 0 spiro atoms. The maximum atomic E-state index is 11.5. The lowest BCUT2D eigenvalue weighted by atomic mass is 10.2. The first-order valence-corrected chi connectivity index (χ1v) is 5.14. The van der Waals surface area contributed by atoms with Gasteiger partial charge in [0, 0.05) is 31.7 Å². The van der Waals surface area contributed by atoms with Crippen LogP contribution in [0, 0.1) is 6.92 Å². The third-order valence-electron chi connectivity index (χ3n) is 2.06. The van der Waals surface area contributed by atoms with Crippen molar-refractivity contribution in [1.82, 2.24) is 10.3 Å². The molecule has 1 heterocycles. The number of carbonyl (C=O) groups is 1. The minimum absolute atomic E-state index is 0.0644. The van der Waals surface area contributed by atoms with Crippen LogP contribution in [0.3, 0.4) is 0 Å². The topological polar surface area (TPSA) is 63.2 Å². The largest absolute Gasteiger partial charge is 0.383 e. The Bertz CT molecular complexity index is 342. The summed E-state index contributed by atoms with van der Waals surface area (Å²) in [5.41, 5.74) is 1.75. The van der Waals surface area contributed by atoms with E-state index in [9.17, 15) is 4.79 Å². The molecule has 0 aliphatic heterocycles. The summed E-state index contributed by atoms with van der Waals surface area (Å²) in [7, 11) is 1.63. The Labute approximate surface area is 95.2 Å². The molecule has 5 heteroatoms. The van der Waals surface area contributed by atoms with Gasteiger partial charge < -0.3 is 15.4 Å². The Hall–Kier alpha value is -1.46. The van der Waals surface area contributed by atoms with Gasteiger partial charge in [0.25, 0.3) is 0 Å². The van der Waals surface area contributed by atoms with Gasteiger partial charge in [0.2, 0.25) is 5.91 Å². The number of anilines is 1. The van der Waals surface area contributed by atoms with Crippen LogP contribution in [0.4, 0.5) is 5.69 Å². The molecule has 0 atom stereocenters. The van der Waals surface area contributed by atoms with Crippen LogP contribution in [0.15, 0.2) is 18.5 Å². The Morgan fingerprint density at radius 3 is 3.06 bits per heavy atom. The Morgan fingerprint density at radius 2 is 2.38 bits per heavy atom. The number of amides is 1. The summed E-state index contributed by atoms with van der Waals surface area (Å²) in [6.45, 7) is 3.45. The highest BCUT2D eigenvalue weighted by Gasteiger charge is 2.03. The third-order valence-corrected chi connectivity index (χ3v) is 2.06. The van der Waals surface area contributed by atoms with Crippen molar-refractivity contribution in [2.75, 3.05) is 32.1 Å². The van der Waals surface area contributed by atoms with Gasteiger partial charge in [-0.25, -0.2) is 0 Å². The predicted molar refractivity (Wildman–Crippen MR) is 62.3 cm³/mol. The smallest absolute Gasteiger partial charge is 0.238 e. The Morgan fingerprint density at radius 1 is 1.56 bits per heavy atom. The molecule has 0 fully saturated rings. The molecule has 0 radical (unpaired) electrons. The standard InChI is InChI=1S/C11H17N3O2/c1-9-7-12-4-3-10(9)14-11(15)8-13-5-6-16-2/h3-4,7,13H,5-6,8H2,1-2H3,(H,12,14,15). The van der Waals surface area contributed by atoms with Crippen LogP contribution >= 0.6 is 0 Å². The number of ether oxygens (including phenoxy) is 1. The molecule has 0 bridgehead atoms. The molecule has 88 valence electrons. The fourth-order valence-corrected chi connectivity index (χ4v) is 1.18. The van der Waals surface area contributed by atoms with Crippen LogP contribution in [0.25, 0.3) is 0 Å². The van der Waals surface area contributed by atoms with Gasteiger partial charge >= 0.3 is 0 Å². The minimum atomic E-state index is -0.0644. The van der Waals surface area contributed by atoms with E-state index in [4.69, 9.17) is 4.74 Å². The van der Waals surface area contributed by atoms with E-state index in [1.807, 2.05) is 6.92 Å². The third kappa shape index (κ3) is 4.37. The fraction of sp³-hybridized carbons (Fsp3) is 0.455. The number of nitrogens with one attached hydrogen (secondary N) is 2. The van der Waals surface area contributed by atoms with Gasteiger partial charge in [-0.3, -0.25) is 9.78 Å². The molecule has 0 saturated carbocycles. The van der Waals surface area contributed by atoms with E-state index < -0.39 is 0 Å². The van der Waals surface area contributed by atoms with Crippen molar-refractivity contribution in [3.8, 4) is 0 Å². The SMILES string of the molecule is COCCNCC(=O)Nc1ccncc1C. The second-order valence-electron chi connectivity index (χ2n) is 3.41. The highest BCUT2D eigenvalue weighted by molar-refractivity contribution is 5.92. The highest BCUT2D eigenvalue weighted by atomic mass is 16.5. The molecule has 0 aliphatic rings. The molecule has 0 unspecified atom stereocenters. The number of hydrogen-bond donors (Lipinski definition) is 2. The van der Waals surface area contributed by atoms with E-state index in [-0.39, 0.29) is 12.5 Å². The second kappa shape index (κ2) is 6.92. The summed E-state index contributed by atoms with van der Waals surface area (Å²) in [5.74, 6) is -0.0644. The van der Waals surface area contributed by atoms with Gasteiger partial charge in [-0.2, -0.15) is 0 Å². The first kappa shape index (κ1) is 12.6. The van der Waals surface area contributed by atoms with Crippen molar-refractivity contribution in [3.05, 3.63) is 24.0 Å². The number of rotatable bonds is 6. The number of nitrogens with zero attached hydrogens (tertiary/aromatic N) is 1. The molecule has 1 amide bonds. The first-order valence-electron chi connectivity index (χ1n) is 5.14. The monoisotopic (exact) mass is 223 g/mol. The lowest BCUT2D eigenvalue weighted by Crippen LogP contribution is -2.30. The second-order valence-corrected chi connectivity index (χ2v) is 3.41. The van der Waals surface area contributed by atoms with E-state index in [1.165, 1.54) is 0 Å². The summed E-state index contributed by atoms with van der Waals surface area (Å²) in [6.07, 6.45) is 3.37. The molecule has 16 heavy (non-hydrogen) atoms. The van der Waals surface area contributed by atoms with Gasteiger partial charge in [-0.05, 0) is 18.6 Å². The van der Waals surface area contributed by atoms with Gasteiger partial charge in [0.15, 0.2) is 0 Å². The summed E-state index contributed by atoms with van der Waals surface area (Å²) >= 11 is 0. The van der Waals surface area contributed by atoms with Crippen molar-refractivity contribution < 1.29 is 9.53 Å². The molecule has 0 saturated heterocycles. The van der Waals surface area contributed by atoms with Crippen LogP contribution in [0.5, 0.6) is 0 Å². The van der Waals surface area contributed by atoms with Crippen molar-refractivity contribution >= 4 is 11.6 Å². The molecular weight excluding hydrogens is 206 g/mol. The maximum absolute atomic E-state index is 11.5. The number of aromatic nitrogens is 1. The van der Waals surface area contributed by atoms with Gasteiger partial charge in [-0.15, -0.1) is 0 Å². The van der Waals surface area contributed by atoms with Gasteiger partial charge in [-0.1, -0.05) is 0 Å². The van der Waals surface area contributed by atoms with E-state index >= 15 is 0 Å². The highest BCUT2D eigenvalue weighted by Crippen LogP contribution is 2.10. The van der Waals surface area contributed by atoms with Crippen molar-refractivity contribution in [2.45, 2.75) is 6.92 Å². The van der Waals surface area contributed by atoms with E-state index in [0.717, 1.165) is 11.3 Å². The van der Waals surface area contributed by atoms with Gasteiger partial charge in [0.1, 0.15) is 0 Å². The Kier molecular flexibility index (Phi) is 5.45. The zero-order valence-corrected chi connectivity index (χ0v) is 9.62. The predicted octanol–water partition coefficient (Wildman–Crippen LogP) is 0.565. The molecule has 5 nitrogen and oxygen atoms in total. The van der Waals surface area contributed by atoms with Gasteiger partial charge in [0.05, 0.1) is 13.2 Å². The molecular formula is C11H17N3O2. The van der Waals surface area contributed by atoms with Crippen molar-refractivity contribution in [2.24, 2.45) is 0 Å². The number of aryl methyl sites for hydroxylation is 1. The Balaban J connectivity index is 2.32. The van der Waals surface area contributed by atoms with Crippen LogP contribution in [-0.2, 0) is 9.53 Å². The zero-order chi connectivity index (χ0) is 11.8. The summed E-state index contributed by atoms with van der Waals surface area (Å²) in [4.78, 5) is 15.4. The quantitative estimate of drug-likeness (QED) is 0.692. The molecule has 1 aromatic rings. The summed E-state index contributed by atoms with van der Waals surface area (Å²) in [5, 5.41) is 5.78. The molecule has 0 aromatic carbocycles. The van der Waals surface area contributed by atoms with E-state index in [0.29, 0.717) is 13.2 Å².